The summed E-state index contributed by atoms with van der Waals surface area (Å²) in [7, 11) is 0. The van der Waals surface area contributed by atoms with Crippen LogP contribution in [-0.2, 0) is 6.54 Å². The number of fused-ring (bicyclic) bond motifs is 1. The Labute approximate surface area is 107 Å². The monoisotopic (exact) mass is 236 g/mol. The molecule has 0 saturated heterocycles. The van der Waals surface area contributed by atoms with Gasteiger partial charge in [-0.15, -0.1) is 0 Å². The van der Waals surface area contributed by atoms with Gasteiger partial charge in [-0.2, -0.15) is 0 Å². The van der Waals surface area contributed by atoms with Crippen LogP contribution in [0.4, 0.5) is 5.69 Å². The Morgan fingerprint density at radius 1 is 1.00 bits per heavy atom. The van der Waals surface area contributed by atoms with Gasteiger partial charge in [0.25, 0.3) is 0 Å². The van der Waals surface area contributed by atoms with Crippen LogP contribution in [0.25, 0.3) is 22.2 Å². The summed E-state index contributed by atoms with van der Waals surface area (Å²) in [5, 5.41) is 1.20. The highest BCUT2D eigenvalue weighted by Gasteiger charge is 2.08. The van der Waals surface area contributed by atoms with E-state index in [0.717, 1.165) is 12.2 Å². The quantitative estimate of drug-likeness (QED) is 0.672. The number of hydrogen-bond acceptors (Lipinski definition) is 1. The maximum atomic E-state index is 5.85. The van der Waals surface area contributed by atoms with E-state index in [1.807, 2.05) is 18.2 Å². The number of nitrogen functional groups attached to an aromatic ring is 1. The van der Waals surface area contributed by atoms with Crippen molar-refractivity contribution < 1.29 is 0 Å². The van der Waals surface area contributed by atoms with Crippen molar-refractivity contribution in [2.24, 2.45) is 0 Å². The van der Waals surface area contributed by atoms with Gasteiger partial charge in [0.15, 0.2) is 0 Å². The third-order valence-electron chi connectivity index (χ3n) is 3.31. The largest absolute Gasteiger partial charge is 0.399 e. The minimum atomic E-state index is 0.815. The maximum absolute atomic E-state index is 5.85. The first kappa shape index (κ1) is 10.9. The molecule has 0 aliphatic carbocycles. The smallest absolute Gasteiger partial charge is 0.0491 e. The van der Waals surface area contributed by atoms with E-state index in [4.69, 9.17) is 5.73 Å². The topological polar surface area (TPSA) is 30.9 Å². The van der Waals surface area contributed by atoms with Gasteiger partial charge in [-0.3, -0.25) is 0 Å². The third-order valence-corrected chi connectivity index (χ3v) is 3.31. The summed E-state index contributed by atoms with van der Waals surface area (Å²) in [5.41, 5.74) is 10.4. The van der Waals surface area contributed by atoms with Crippen molar-refractivity contribution in [2.45, 2.75) is 13.5 Å². The van der Waals surface area contributed by atoms with Crippen molar-refractivity contribution in [2.75, 3.05) is 5.73 Å². The fraction of sp³-hybridized carbons (Fsp3) is 0.125. The van der Waals surface area contributed by atoms with Crippen molar-refractivity contribution in [1.29, 1.82) is 0 Å². The van der Waals surface area contributed by atoms with E-state index in [2.05, 4.69) is 47.9 Å². The molecule has 0 amide bonds. The van der Waals surface area contributed by atoms with Crippen LogP contribution in [0.1, 0.15) is 6.92 Å². The van der Waals surface area contributed by atoms with Crippen LogP contribution >= 0.6 is 0 Å². The van der Waals surface area contributed by atoms with Gasteiger partial charge in [0.2, 0.25) is 0 Å². The second kappa shape index (κ2) is 4.22. The average Bonchev–Trinajstić information content (AvgIpc) is 2.77. The zero-order valence-electron chi connectivity index (χ0n) is 10.4. The molecular weight excluding hydrogens is 220 g/mol. The number of hydrogen-bond donors (Lipinski definition) is 1. The predicted molar refractivity (Wildman–Crippen MR) is 77.5 cm³/mol. The normalized spacial score (nSPS) is 10.9. The van der Waals surface area contributed by atoms with Crippen LogP contribution in [0.5, 0.6) is 0 Å². The Bertz CT molecular complexity index is 681. The first-order valence-electron chi connectivity index (χ1n) is 6.24. The minimum absolute atomic E-state index is 0.815. The van der Waals surface area contributed by atoms with Crippen LogP contribution in [0, 0.1) is 0 Å². The van der Waals surface area contributed by atoms with E-state index in [1.54, 1.807) is 0 Å². The van der Waals surface area contributed by atoms with Crippen LogP contribution in [0.15, 0.2) is 54.6 Å². The Kier molecular flexibility index (Phi) is 2.56. The van der Waals surface area contributed by atoms with E-state index >= 15 is 0 Å². The molecule has 0 fully saturated rings. The van der Waals surface area contributed by atoms with E-state index in [1.165, 1.54) is 22.2 Å². The van der Waals surface area contributed by atoms with Gasteiger partial charge in [-0.05, 0) is 36.8 Å². The van der Waals surface area contributed by atoms with Crippen molar-refractivity contribution in [3.63, 3.8) is 0 Å². The Balaban J connectivity index is 2.29. The lowest BCUT2D eigenvalue weighted by Crippen LogP contribution is -1.96. The van der Waals surface area contributed by atoms with Crippen molar-refractivity contribution in [1.82, 2.24) is 4.57 Å². The molecule has 1 heterocycles. The Morgan fingerprint density at radius 2 is 1.78 bits per heavy atom. The minimum Gasteiger partial charge on any atom is -0.399 e. The van der Waals surface area contributed by atoms with Crippen LogP contribution in [0.2, 0.25) is 0 Å². The maximum Gasteiger partial charge on any atom is 0.0491 e. The van der Waals surface area contributed by atoms with E-state index in [0.29, 0.717) is 0 Å². The highest BCUT2D eigenvalue weighted by Crippen LogP contribution is 2.29. The molecule has 90 valence electrons. The second-order valence-electron chi connectivity index (χ2n) is 4.46. The van der Waals surface area contributed by atoms with Crippen LogP contribution < -0.4 is 5.73 Å². The fourth-order valence-corrected chi connectivity index (χ4v) is 2.48. The van der Waals surface area contributed by atoms with Gasteiger partial charge in [0.05, 0.1) is 0 Å². The number of nitrogens with two attached hydrogens (primary N) is 1. The van der Waals surface area contributed by atoms with Crippen molar-refractivity contribution in [3.8, 4) is 11.3 Å². The second-order valence-corrected chi connectivity index (χ2v) is 4.46. The summed E-state index contributed by atoms with van der Waals surface area (Å²) in [6.45, 7) is 3.12. The van der Waals surface area contributed by atoms with Crippen LogP contribution in [0.3, 0.4) is 0 Å². The van der Waals surface area contributed by atoms with E-state index in [-0.39, 0.29) is 0 Å². The lowest BCUT2D eigenvalue weighted by molar-refractivity contribution is 0.805. The predicted octanol–water partition coefficient (Wildman–Crippen LogP) is 3.91. The van der Waals surface area contributed by atoms with Gasteiger partial charge in [-0.1, -0.05) is 30.3 Å². The average molecular weight is 236 g/mol. The molecule has 3 rings (SSSR count). The Hall–Kier alpha value is -2.22. The molecule has 0 atom stereocenters. The summed E-state index contributed by atoms with van der Waals surface area (Å²) in [6, 6.07) is 18.8. The summed E-state index contributed by atoms with van der Waals surface area (Å²) in [5.74, 6) is 0. The molecular formula is C16H16N2. The molecule has 3 aromatic rings. The zero-order valence-corrected chi connectivity index (χ0v) is 10.4. The molecule has 0 aliphatic heterocycles. The summed E-state index contributed by atoms with van der Waals surface area (Å²) < 4.78 is 2.32. The fourth-order valence-electron chi connectivity index (χ4n) is 2.48. The van der Waals surface area contributed by atoms with E-state index < -0.39 is 0 Å². The van der Waals surface area contributed by atoms with Gasteiger partial charge < -0.3 is 10.3 Å². The molecule has 1 aromatic heterocycles. The van der Waals surface area contributed by atoms with Gasteiger partial charge in [0, 0.05) is 28.8 Å². The lowest BCUT2D eigenvalue weighted by Gasteiger charge is -2.07. The molecule has 0 saturated carbocycles. The van der Waals surface area contributed by atoms with Gasteiger partial charge >= 0.3 is 0 Å². The van der Waals surface area contributed by atoms with Crippen molar-refractivity contribution in [3.05, 3.63) is 54.6 Å². The number of aromatic nitrogens is 1. The summed E-state index contributed by atoms with van der Waals surface area (Å²) in [6.07, 6.45) is 0. The molecule has 18 heavy (non-hydrogen) atoms. The molecule has 0 bridgehead atoms. The highest BCUT2D eigenvalue weighted by molar-refractivity contribution is 5.89. The molecule has 2 N–H and O–H groups in total. The standard InChI is InChI=1S/C16H16N2/c1-2-18-15-9-8-14(17)10-13(15)11-16(18)12-6-4-3-5-7-12/h3-11H,2,17H2,1H3. The zero-order chi connectivity index (χ0) is 12.5. The molecule has 2 nitrogen and oxygen atoms in total. The first-order valence-corrected chi connectivity index (χ1v) is 6.24. The molecule has 2 aromatic carbocycles. The molecule has 0 radical (unpaired) electrons. The number of benzene rings is 2. The molecule has 0 unspecified atom stereocenters. The van der Waals surface area contributed by atoms with Crippen LogP contribution in [-0.4, -0.2) is 4.57 Å². The summed E-state index contributed by atoms with van der Waals surface area (Å²) in [4.78, 5) is 0. The number of aryl methyl sites for hydroxylation is 1. The summed E-state index contributed by atoms with van der Waals surface area (Å²) >= 11 is 0. The molecule has 0 spiro atoms. The molecule has 2 heteroatoms. The third kappa shape index (κ3) is 1.66. The first-order chi connectivity index (χ1) is 8.79. The highest BCUT2D eigenvalue weighted by atomic mass is 15.0. The molecule has 0 aliphatic rings. The number of rotatable bonds is 2. The van der Waals surface area contributed by atoms with Crippen molar-refractivity contribution >= 4 is 16.6 Å². The van der Waals surface area contributed by atoms with Gasteiger partial charge in [0.1, 0.15) is 0 Å². The number of nitrogens with zero attached hydrogens (tertiary/aromatic N) is 1. The lowest BCUT2D eigenvalue weighted by atomic mass is 10.1. The number of anilines is 1. The SMILES string of the molecule is CCn1c(-c2ccccc2)cc2cc(N)ccc21. The Morgan fingerprint density at radius 3 is 2.50 bits per heavy atom. The van der Waals surface area contributed by atoms with Gasteiger partial charge in [-0.25, -0.2) is 0 Å². The van der Waals surface area contributed by atoms with E-state index in [9.17, 15) is 0 Å².